The molecule has 0 aromatic carbocycles. The highest BCUT2D eigenvalue weighted by atomic mass is 32.2. The highest BCUT2D eigenvalue weighted by Crippen LogP contribution is 2.39. The first kappa shape index (κ1) is 7.90. The van der Waals surface area contributed by atoms with Crippen molar-refractivity contribution in [1.82, 2.24) is 10.6 Å². The zero-order valence-corrected chi connectivity index (χ0v) is 7.67. The molecule has 0 aliphatic carbocycles. The largest absolute Gasteiger partial charge is 0.315 e. The minimum atomic E-state index is 0.570. The van der Waals surface area contributed by atoms with E-state index in [2.05, 4.69) is 22.4 Å². The van der Waals surface area contributed by atoms with Gasteiger partial charge in [0.05, 0.1) is 0 Å². The van der Waals surface area contributed by atoms with Crippen LogP contribution in [0, 0.1) is 0 Å². The van der Waals surface area contributed by atoms with E-state index in [0.29, 0.717) is 4.75 Å². The van der Waals surface area contributed by atoms with Crippen LogP contribution in [0.4, 0.5) is 0 Å². The fourth-order valence-corrected chi connectivity index (χ4v) is 2.89. The molecule has 0 unspecified atom stereocenters. The van der Waals surface area contributed by atoms with Crippen molar-refractivity contribution in [3.8, 4) is 0 Å². The van der Waals surface area contributed by atoms with Crippen molar-refractivity contribution in [1.29, 1.82) is 0 Å². The van der Waals surface area contributed by atoms with Crippen molar-refractivity contribution in [3.05, 3.63) is 0 Å². The molecule has 2 N–H and O–H groups in total. The van der Waals surface area contributed by atoms with Gasteiger partial charge in [-0.25, -0.2) is 0 Å². The highest BCUT2D eigenvalue weighted by Gasteiger charge is 2.37. The molecule has 0 bridgehead atoms. The summed E-state index contributed by atoms with van der Waals surface area (Å²) in [4.78, 5) is 0. The third kappa shape index (κ3) is 1.71. The zero-order chi connectivity index (χ0) is 7.57. The van der Waals surface area contributed by atoms with Crippen LogP contribution in [0.1, 0.15) is 12.8 Å². The lowest BCUT2D eigenvalue weighted by atomic mass is 10.0. The topological polar surface area (TPSA) is 24.1 Å². The molecule has 0 aromatic rings. The molecule has 0 radical (unpaired) electrons. The van der Waals surface area contributed by atoms with Gasteiger partial charge in [0.25, 0.3) is 0 Å². The third-order valence-corrected chi connectivity index (χ3v) is 4.08. The summed E-state index contributed by atoms with van der Waals surface area (Å²) in [5, 5.41) is 7.04. The van der Waals surface area contributed by atoms with E-state index in [1.807, 2.05) is 0 Å². The number of hydrogen-bond donors (Lipinski definition) is 2. The predicted octanol–water partition coefficient (Wildman–Crippen LogP) is 0.445. The van der Waals surface area contributed by atoms with E-state index in [1.165, 1.54) is 44.8 Å². The first-order valence-electron chi connectivity index (χ1n) is 4.47. The van der Waals surface area contributed by atoms with Gasteiger partial charge < -0.3 is 10.6 Å². The van der Waals surface area contributed by atoms with Crippen molar-refractivity contribution in [2.45, 2.75) is 17.6 Å². The Morgan fingerprint density at radius 2 is 1.73 bits per heavy atom. The molecule has 3 heteroatoms. The van der Waals surface area contributed by atoms with Gasteiger partial charge in [0.2, 0.25) is 0 Å². The van der Waals surface area contributed by atoms with Crippen LogP contribution in [0.3, 0.4) is 0 Å². The van der Waals surface area contributed by atoms with E-state index in [4.69, 9.17) is 0 Å². The molecule has 0 amide bonds. The fraction of sp³-hybridized carbons (Fsp3) is 1.00. The maximum absolute atomic E-state index is 3.52. The Bertz CT molecular complexity index is 124. The lowest BCUT2D eigenvalue weighted by molar-refractivity contribution is 0.420. The molecule has 2 aliphatic rings. The summed E-state index contributed by atoms with van der Waals surface area (Å²) >= 11 is 2.13. The van der Waals surface area contributed by atoms with Crippen molar-refractivity contribution >= 4 is 11.8 Å². The number of thioether (sulfide) groups is 1. The van der Waals surface area contributed by atoms with E-state index in [9.17, 15) is 0 Å². The molecule has 0 aromatic heterocycles. The monoisotopic (exact) mass is 172 g/mol. The van der Waals surface area contributed by atoms with Gasteiger partial charge in [-0.3, -0.25) is 0 Å². The maximum atomic E-state index is 3.52. The molecule has 2 rings (SSSR count). The highest BCUT2D eigenvalue weighted by molar-refractivity contribution is 8.02. The predicted molar refractivity (Wildman–Crippen MR) is 50.2 cm³/mol. The minimum Gasteiger partial charge on any atom is -0.315 e. The van der Waals surface area contributed by atoms with Gasteiger partial charge in [0.15, 0.2) is 0 Å². The minimum absolute atomic E-state index is 0.570. The molecule has 0 saturated carbocycles. The zero-order valence-electron chi connectivity index (χ0n) is 6.86. The Hall–Kier alpha value is 0.270. The first-order chi connectivity index (χ1) is 5.41. The average molecular weight is 172 g/mol. The molecule has 2 saturated heterocycles. The summed E-state index contributed by atoms with van der Waals surface area (Å²) in [7, 11) is 0. The number of nitrogens with one attached hydrogen (secondary N) is 2. The molecule has 2 fully saturated rings. The molecular formula is C8H16N2S. The summed E-state index contributed by atoms with van der Waals surface area (Å²) < 4.78 is 0.570. The summed E-state index contributed by atoms with van der Waals surface area (Å²) in [5.41, 5.74) is 0. The van der Waals surface area contributed by atoms with Crippen LogP contribution in [0.15, 0.2) is 0 Å². The third-order valence-electron chi connectivity index (χ3n) is 2.57. The molecule has 64 valence electrons. The van der Waals surface area contributed by atoms with Crippen LogP contribution in [-0.4, -0.2) is 36.7 Å². The van der Waals surface area contributed by atoms with Crippen LogP contribution in [0.2, 0.25) is 0 Å². The summed E-state index contributed by atoms with van der Waals surface area (Å²) in [6, 6.07) is 0. The number of rotatable bonds is 0. The van der Waals surface area contributed by atoms with Crippen LogP contribution in [0.25, 0.3) is 0 Å². The van der Waals surface area contributed by atoms with Gasteiger partial charge in [-0.05, 0) is 31.7 Å². The van der Waals surface area contributed by atoms with Crippen LogP contribution in [0.5, 0.6) is 0 Å². The number of hydrogen-bond acceptors (Lipinski definition) is 3. The van der Waals surface area contributed by atoms with Crippen LogP contribution in [-0.2, 0) is 0 Å². The van der Waals surface area contributed by atoms with E-state index in [1.54, 1.807) is 0 Å². The molecule has 2 heterocycles. The molecule has 2 aliphatic heterocycles. The van der Waals surface area contributed by atoms with Gasteiger partial charge in [-0.15, -0.1) is 0 Å². The molecule has 2 nitrogen and oxygen atoms in total. The van der Waals surface area contributed by atoms with Crippen molar-refractivity contribution in [2.75, 3.05) is 31.9 Å². The van der Waals surface area contributed by atoms with E-state index >= 15 is 0 Å². The lowest BCUT2D eigenvalue weighted by Crippen LogP contribution is -2.53. The fourth-order valence-electron chi connectivity index (χ4n) is 1.70. The van der Waals surface area contributed by atoms with E-state index in [-0.39, 0.29) is 0 Å². The lowest BCUT2D eigenvalue weighted by Gasteiger charge is -2.42. The quantitative estimate of drug-likeness (QED) is 0.554. The summed E-state index contributed by atoms with van der Waals surface area (Å²) in [6.07, 6.45) is 2.68. The molecule has 0 atom stereocenters. The van der Waals surface area contributed by atoms with Gasteiger partial charge in [0.1, 0.15) is 0 Å². The van der Waals surface area contributed by atoms with Crippen LogP contribution >= 0.6 is 11.8 Å². The molecule has 1 spiro atoms. The van der Waals surface area contributed by atoms with E-state index in [0.717, 1.165) is 0 Å². The first-order valence-corrected chi connectivity index (χ1v) is 5.45. The smallest absolute Gasteiger partial charge is 0.0416 e. The standard InChI is InChI=1S/C8H16N2S/c1-3-9-6-8(2-5-11-8)7-10-4-1/h9-10H,1-7H2. The second-order valence-electron chi connectivity index (χ2n) is 3.49. The Morgan fingerprint density at radius 1 is 1.09 bits per heavy atom. The second kappa shape index (κ2) is 3.33. The molecular weight excluding hydrogens is 156 g/mol. The molecule has 11 heavy (non-hydrogen) atoms. The Kier molecular flexibility index (Phi) is 2.39. The summed E-state index contributed by atoms with van der Waals surface area (Å²) in [5.74, 6) is 1.36. The van der Waals surface area contributed by atoms with Gasteiger partial charge in [-0.1, -0.05) is 0 Å². The summed E-state index contributed by atoms with van der Waals surface area (Å²) in [6.45, 7) is 4.81. The Balaban J connectivity index is 1.86. The normalized spacial score (nSPS) is 30.5. The Morgan fingerprint density at radius 3 is 2.18 bits per heavy atom. The van der Waals surface area contributed by atoms with E-state index < -0.39 is 0 Å². The average Bonchev–Trinajstić information content (AvgIpc) is 1.82. The Labute approximate surface area is 72.5 Å². The SMILES string of the molecule is C1CNCC2(CCS2)CNC1. The van der Waals surface area contributed by atoms with Crippen LogP contribution < -0.4 is 10.6 Å². The van der Waals surface area contributed by atoms with Crippen molar-refractivity contribution in [2.24, 2.45) is 0 Å². The second-order valence-corrected chi connectivity index (χ2v) is 5.05. The maximum Gasteiger partial charge on any atom is 0.0416 e. The van der Waals surface area contributed by atoms with Gasteiger partial charge in [-0.2, -0.15) is 11.8 Å². The van der Waals surface area contributed by atoms with Gasteiger partial charge in [0, 0.05) is 17.8 Å². The van der Waals surface area contributed by atoms with Crippen molar-refractivity contribution in [3.63, 3.8) is 0 Å². The van der Waals surface area contributed by atoms with Crippen molar-refractivity contribution < 1.29 is 0 Å². The van der Waals surface area contributed by atoms with Gasteiger partial charge >= 0.3 is 0 Å².